The summed E-state index contributed by atoms with van der Waals surface area (Å²) in [4.78, 5) is 23.2. The molecule has 0 amide bonds. The number of hydrogen-bond acceptors (Lipinski definition) is 5. The fraction of sp³-hybridized carbons (Fsp3) is 0.235. The molecule has 0 spiro atoms. The van der Waals surface area contributed by atoms with Crippen molar-refractivity contribution < 1.29 is 19.2 Å². The molecule has 0 bridgehead atoms. The van der Waals surface area contributed by atoms with Crippen LogP contribution in [0.15, 0.2) is 42.5 Å². The molecule has 124 valence electrons. The van der Waals surface area contributed by atoms with Crippen LogP contribution in [-0.4, -0.2) is 24.5 Å². The van der Waals surface area contributed by atoms with Gasteiger partial charge in [0.15, 0.2) is 0 Å². The number of methoxy groups -OCH3 is 1. The lowest BCUT2D eigenvalue weighted by Crippen LogP contribution is -2.26. The summed E-state index contributed by atoms with van der Waals surface area (Å²) in [7, 11) is 1.26. The van der Waals surface area contributed by atoms with Crippen molar-refractivity contribution in [2.75, 3.05) is 13.7 Å². The summed E-state index contributed by atoms with van der Waals surface area (Å²) >= 11 is 6.07. The Hall–Kier alpha value is -2.60. The molecule has 0 aromatic heterocycles. The fourth-order valence-electron chi connectivity index (χ4n) is 3.03. The number of nitrogens with zero attached hydrogens (tertiary/aromatic N) is 1. The van der Waals surface area contributed by atoms with E-state index in [0.29, 0.717) is 27.6 Å². The van der Waals surface area contributed by atoms with E-state index in [4.69, 9.17) is 21.1 Å². The monoisotopic (exact) mass is 347 g/mol. The maximum atomic E-state index is 12.5. The average molecular weight is 348 g/mol. The summed E-state index contributed by atoms with van der Waals surface area (Å²) in [5, 5.41) is 11.6. The molecule has 0 unspecified atom stereocenters. The third-order valence-corrected chi connectivity index (χ3v) is 4.28. The van der Waals surface area contributed by atoms with Gasteiger partial charge in [-0.25, -0.2) is 0 Å². The zero-order valence-corrected chi connectivity index (χ0v) is 13.5. The molecule has 1 aliphatic rings. The first-order valence-corrected chi connectivity index (χ1v) is 7.65. The molecule has 0 saturated heterocycles. The van der Waals surface area contributed by atoms with Crippen molar-refractivity contribution in [3.63, 3.8) is 0 Å². The van der Waals surface area contributed by atoms with E-state index in [1.54, 1.807) is 42.5 Å². The number of halogens is 1. The van der Waals surface area contributed by atoms with Crippen LogP contribution >= 0.6 is 11.6 Å². The number of fused-ring (bicyclic) bond motifs is 2. The van der Waals surface area contributed by atoms with Crippen LogP contribution in [-0.2, 0) is 9.53 Å². The third-order valence-electron chi connectivity index (χ3n) is 4.05. The van der Waals surface area contributed by atoms with Gasteiger partial charge in [0.25, 0.3) is 0 Å². The highest BCUT2D eigenvalue weighted by molar-refractivity contribution is 6.30. The van der Waals surface area contributed by atoms with Gasteiger partial charge in [0.1, 0.15) is 11.5 Å². The molecule has 0 aliphatic carbocycles. The Kier molecular flexibility index (Phi) is 4.40. The van der Waals surface area contributed by atoms with Gasteiger partial charge in [-0.1, -0.05) is 29.8 Å². The lowest BCUT2D eigenvalue weighted by molar-refractivity contribution is -0.483. The van der Waals surface area contributed by atoms with E-state index < -0.39 is 29.3 Å². The van der Waals surface area contributed by atoms with Gasteiger partial charge in [0, 0.05) is 21.1 Å². The molecule has 0 N–H and O–H groups in total. The first-order valence-electron chi connectivity index (χ1n) is 7.27. The van der Waals surface area contributed by atoms with Crippen LogP contribution in [0.1, 0.15) is 23.0 Å². The molecule has 3 rings (SSSR count). The highest BCUT2D eigenvalue weighted by atomic mass is 35.5. The Morgan fingerprint density at radius 1 is 1.25 bits per heavy atom. The Bertz CT molecular complexity index is 807. The number of nitro groups is 1. The summed E-state index contributed by atoms with van der Waals surface area (Å²) in [6.45, 7) is -0.425. The summed E-state index contributed by atoms with van der Waals surface area (Å²) < 4.78 is 10.8. The van der Waals surface area contributed by atoms with Crippen LogP contribution in [0.25, 0.3) is 0 Å². The summed E-state index contributed by atoms with van der Waals surface area (Å²) in [6.07, 6.45) is 0. The third kappa shape index (κ3) is 2.92. The fourth-order valence-corrected chi connectivity index (χ4v) is 3.21. The smallest absolute Gasteiger partial charge is 0.314 e. The molecule has 1 heterocycles. The zero-order chi connectivity index (χ0) is 17.3. The van der Waals surface area contributed by atoms with Gasteiger partial charge < -0.3 is 9.47 Å². The highest BCUT2D eigenvalue weighted by Crippen LogP contribution is 2.47. The second-order valence-corrected chi connectivity index (χ2v) is 5.88. The summed E-state index contributed by atoms with van der Waals surface area (Å²) in [6, 6.07) is 11.9. The lowest BCUT2D eigenvalue weighted by Gasteiger charge is -2.21. The quantitative estimate of drug-likeness (QED) is 0.480. The predicted octanol–water partition coefficient (Wildman–Crippen LogP) is 3.76. The van der Waals surface area contributed by atoms with Crippen LogP contribution in [0.2, 0.25) is 5.02 Å². The van der Waals surface area contributed by atoms with Gasteiger partial charge in [0.05, 0.1) is 18.9 Å². The van der Waals surface area contributed by atoms with Gasteiger partial charge in [-0.2, -0.15) is 0 Å². The minimum absolute atomic E-state index is 0.414. The number of benzene rings is 2. The topological polar surface area (TPSA) is 78.7 Å². The van der Waals surface area contributed by atoms with Crippen LogP contribution in [0.4, 0.5) is 0 Å². The maximum absolute atomic E-state index is 12.5. The minimum Gasteiger partial charge on any atom is -0.469 e. The first-order chi connectivity index (χ1) is 11.5. The van der Waals surface area contributed by atoms with Crippen molar-refractivity contribution in [1.82, 2.24) is 0 Å². The van der Waals surface area contributed by atoms with E-state index in [1.807, 2.05) is 0 Å². The number of hydrogen-bond donors (Lipinski definition) is 0. The van der Waals surface area contributed by atoms with Crippen molar-refractivity contribution in [2.45, 2.75) is 11.8 Å². The molecule has 7 heteroatoms. The number of esters is 1. The molecule has 2 aromatic rings. The van der Waals surface area contributed by atoms with Crippen LogP contribution in [0.5, 0.6) is 11.5 Å². The number of ether oxygens (including phenoxy) is 2. The van der Waals surface area contributed by atoms with E-state index >= 15 is 0 Å². The molecular weight excluding hydrogens is 334 g/mol. The Labute approximate surface area is 143 Å². The van der Waals surface area contributed by atoms with E-state index in [2.05, 4.69) is 0 Å². The summed E-state index contributed by atoms with van der Waals surface area (Å²) in [5.74, 6) is -1.24. The lowest BCUT2D eigenvalue weighted by atomic mass is 9.81. The standard InChI is InChI=1S/C17H14ClNO5/c1-23-17(20)16-12-8-10(18)6-7-15(12)24-14-5-3-2-4-11(14)13(16)9-19(21)22/h2-8,13,16H,9H2,1H3/t13-,16-/m0/s1. The Balaban J connectivity index is 2.26. The predicted molar refractivity (Wildman–Crippen MR) is 87.3 cm³/mol. The molecule has 6 nitrogen and oxygen atoms in total. The van der Waals surface area contributed by atoms with Gasteiger partial charge in [-0.15, -0.1) is 0 Å². The van der Waals surface area contributed by atoms with Gasteiger partial charge in [-0.3, -0.25) is 14.9 Å². The molecular formula is C17H14ClNO5. The number of para-hydroxylation sites is 1. The second kappa shape index (κ2) is 6.49. The van der Waals surface area contributed by atoms with Crippen molar-refractivity contribution in [2.24, 2.45) is 0 Å². The number of rotatable bonds is 3. The molecule has 0 saturated carbocycles. The first kappa shape index (κ1) is 16.3. The SMILES string of the molecule is COC(=O)[C@H]1c2cc(Cl)ccc2Oc2ccccc2[C@@H]1C[N+](=O)[O-]. The minimum atomic E-state index is -0.877. The van der Waals surface area contributed by atoms with Gasteiger partial charge >= 0.3 is 5.97 Å². The number of carbonyl (C=O) groups is 1. The molecule has 1 aliphatic heterocycles. The molecule has 24 heavy (non-hydrogen) atoms. The maximum Gasteiger partial charge on any atom is 0.314 e. The molecule has 2 atom stereocenters. The molecule has 0 radical (unpaired) electrons. The summed E-state index contributed by atoms with van der Waals surface area (Å²) in [5.41, 5.74) is 1.08. The van der Waals surface area contributed by atoms with Crippen LogP contribution in [0, 0.1) is 10.1 Å². The molecule has 2 aromatic carbocycles. The largest absolute Gasteiger partial charge is 0.469 e. The van der Waals surface area contributed by atoms with Crippen molar-refractivity contribution >= 4 is 17.6 Å². The Morgan fingerprint density at radius 3 is 2.67 bits per heavy atom. The van der Waals surface area contributed by atoms with E-state index in [1.165, 1.54) is 7.11 Å². The zero-order valence-electron chi connectivity index (χ0n) is 12.8. The van der Waals surface area contributed by atoms with Gasteiger partial charge in [0.2, 0.25) is 6.54 Å². The van der Waals surface area contributed by atoms with Crippen LogP contribution in [0.3, 0.4) is 0 Å². The Morgan fingerprint density at radius 2 is 1.96 bits per heavy atom. The second-order valence-electron chi connectivity index (χ2n) is 5.44. The van der Waals surface area contributed by atoms with Crippen molar-refractivity contribution in [3.05, 3.63) is 68.7 Å². The highest BCUT2D eigenvalue weighted by Gasteiger charge is 2.41. The van der Waals surface area contributed by atoms with Crippen molar-refractivity contribution in [3.8, 4) is 11.5 Å². The van der Waals surface area contributed by atoms with E-state index in [0.717, 1.165) is 0 Å². The van der Waals surface area contributed by atoms with E-state index in [9.17, 15) is 14.9 Å². The molecule has 0 fully saturated rings. The average Bonchev–Trinajstić information content (AvgIpc) is 2.68. The van der Waals surface area contributed by atoms with Crippen molar-refractivity contribution in [1.29, 1.82) is 0 Å². The van der Waals surface area contributed by atoms with Gasteiger partial charge in [-0.05, 0) is 24.3 Å². The van der Waals surface area contributed by atoms with E-state index in [-0.39, 0.29) is 0 Å². The van der Waals surface area contributed by atoms with Crippen LogP contribution < -0.4 is 4.74 Å². The number of carbonyl (C=O) groups excluding carboxylic acids is 1. The normalized spacial score (nSPS) is 18.6.